The van der Waals surface area contributed by atoms with Crippen molar-refractivity contribution in [2.24, 2.45) is 4.99 Å². The number of carbonyl (C=O) groups is 1. The third kappa shape index (κ3) is 7.55. The van der Waals surface area contributed by atoms with Gasteiger partial charge in [0.2, 0.25) is 0 Å². The molecule has 0 amide bonds. The summed E-state index contributed by atoms with van der Waals surface area (Å²) in [5.74, 6) is 1.57. The van der Waals surface area contributed by atoms with E-state index in [1.54, 1.807) is 0 Å². The third-order valence-electron chi connectivity index (χ3n) is 8.62. The Bertz CT molecular complexity index is 1950. The van der Waals surface area contributed by atoms with E-state index in [0.29, 0.717) is 35.1 Å². The second-order valence-corrected chi connectivity index (χ2v) is 13.6. The van der Waals surface area contributed by atoms with Crippen molar-refractivity contribution in [2.75, 3.05) is 19.6 Å². The molecule has 0 radical (unpaired) electrons. The van der Waals surface area contributed by atoms with Crippen LogP contribution in [0, 0.1) is 20.8 Å². The summed E-state index contributed by atoms with van der Waals surface area (Å²) in [6, 6.07) is 16.9. The molecule has 0 bridgehead atoms. The maximum absolute atomic E-state index is 13.2. The van der Waals surface area contributed by atoms with Crippen LogP contribution in [-0.4, -0.2) is 50.5 Å². The molecule has 250 valence electrons. The molecule has 11 heteroatoms. The molecular weight excluding hydrogens is 661 g/mol. The highest BCUT2D eigenvalue weighted by atomic mass is 35.5. The second kappa shape index (κ2) is 15.1. The van der Waals surface area contributed by atoms with Crippen molar-refractivity contribution in [3.8, 4) is 5.69 Å². The number of fused-ring (bicyclic) bond motifs is 1. The fourth-order valence-corrected chi connectivity index (χ4v) is 6.49. The molecule has 5 rings (SSSR count). The summed E-state index contributed by atoms with van der Waals surface area (Å²) in [7, 11) is 0. The number of aromatic nitrogens is 4. The molecule has 2 aromatic heterocycles. The number of hydrogen-bond donors (Lipinski definition) is 3. The van der Waals surface area contributed by atoms with Gasteiger partial charge < -0.3 is 15.2 Å². The maximum atomic E-state index is 13.2. The number of ketones is 1. The molecule has 8 nitrogen and oxygen atoms in total. The number of halogens is 2. The van der Waals surface area contributed by atoms with Gasteiger partial charge in [-0.2, -0.15) is 0 Å². The first-order valence-electron chi connectivity index (χ1n) is 15.8. The van der Waals surface area contributed by atoms with Crippen LogP contribution in [0.4, 0.5) is 0 Å². The first kappa shape index (κ1) is 35.4. The van der Waals surface area contributed by atoms with E-state index < -0.39 is 0 Å². The summed E-state index contributed by atoms with van der Waals surface area (Å²) in [5, 5.41) is 17.0. The van der Waals surface area contributed by atoms with Crippen LogP contribution in [0.5, 0.6) is 0 Å². The van der Waals surface area contributed by atoms with E-state index in [-0.39, 0.29) is 18.4 Å². The molecule has 2 N–H and O–H groups in total. The molecule has 4 aromatic rings. The van der Waals surface area contributed by atoms with Crippen molar-refractivity contribution in [2.45, 2.75) is 54.0 Å². The predicted octanol–water partition coefficient (Wildman–Crippen LogP) is 8.27. The SMILES string of the molecule is C=C(C[C@@H]1N=C(c2ccc(Cl)cc2)C(/C(C)=C(/C)S)=C(C)n2c(C)nnc21)NCCNCC(=O)c1cc(C)n(-c2ccc(Cl)cc2)c1C. The van der Waals surface area contributed by atoms with Crippen LogP contribution in [0.15, 0.2) is 87.9 Å². The van der Waals surface area contributed by atoms with E-state index >= 15 is 0 Å². The standard InChI is InChI=1S/C37H41Cl2N7OS/c1-21(41-17-16-40-20-34(47)32-19-22(2)45(24(32)4)31-14-12-30(39)13-15-31)18-33-37-44-43-27(7)46(37)25(5)35(23(3)26(6)48)36(42-33)28-8-10-29(38)11-9-28/h8-15,19,33,40-41,48H,1,16-18,20H2,2-7H3/b26-23-/t33-/m0/s1. The van der Waals surface area contributed by atoms with E-state index in [4.69, 9.17) is 40.8 Å². The van der Waals surface area contributed by atoms with Gasteiger partial charge in [0.1, 0.15) is 11.9 Å². The van der Waals surface area contributed by atoms with E-state index in [1.165, 1.54) is 0 Å². The zero-order valence-corrected chi connectivity index (χ0v) is 30.6. The van der Waals surface area contributed by atoms with Crippen LogP contribution >= 0.6 is 35.8 Å². The summed E-state index contributed by atoms with van der Waals surface area (Å²) in [5.41, 5.74) is 9.16. The topological polar surface area (TPSA) is 89.1 Å². The lowest BCUT2D eigenvalue weighted by Gasteiger charge is -2.17. The van der Waals surface area contributed by atoms with Gasteiger partial charge in [-0.15, -0.1) is 22.8 Å². The smallest absolute Gasteiger partial charge is 0.178 e. The fraction of sp³-hybridized carbons (Fsp3) is 0.297. The second-order valence-electron chi connectivity index (χ2n) is 12.0. The fourth-order valence-electron chi connectivity index (χ4n) is 6.13. The largest absolute Gasteiger partial charge is 0.387 e. The average Bonchev–Trinajstić information content (AvgIpc) is 3.54. The van der Waals surface area contributed by atoms with Gasteiger partial charge in [0.25, 0.3) is 0 Å². The zero-order chi connectivity index (χ0) is 34.7. The Kier molecular flexibility index (Phi) is 11.2. The molecule has 0 aliphatic carbocycles. The number of carbonyl (C=O) groups excluding carboxylic acids is 1. The summed E-state index contributed by atoms with van der Waals surface area (Å²) < 4.78 is 4.15. The summed E-state index contributed by atoms with van der Waals surface area (Å²) in [6.45, 7) is 17.7. The van der Waals surface area contributed by atoms with Crippen molar-refractivity contribution < 1.29 is 4.79 Å². The first-order chi connectivity index (χ1) is 22.9. The zero-order valence-electron chi connectivity index (χ0n) is 28.2. The van der Waals surface area contributed by atoms with Gasteiger partial charge in [0, 0.05) is 74.7 Å². The molecule has 2 aromatic carbocycles. The Labute approximate surface area is 298 Å². The molecule has 48 heavy (non-hydrogen) atoms. The summed E-state index contributed by atoms with van der Waals surface area (Å²) in [6.07, 6.45) is 0.508. The molecule has 1 aliphatic heterocycles. The van der Waals surface area contributed by atoms with Crippen molar-refractivity contribution in [3.05, 3.63) is 127 Å². The van der Waals surface area contributed by atoms with Crippen LogP contribution in [0.1, 0.15) is 72.2 Å². The monoisotopic (exact) mass is 701 g/mol. The molecule has 0 saturated heterocycles. The molecule has 0 unspecified atom stereocenters. The molecule has 0 saturated carbocycles. The molecule has 0 fully saturated rings. The summed E-state index contributed by atoms with van der Waals surface area (Å²) >= 11 is 17.0. The van der Waals surface area contributed by atoms with Gasteiger partial charge >= 0.3 is 0 Å². The van der Waals surface area contributed by atoms with Gasteiger partial charge in [-0.1, -0.05) is 41.9 Å². The highest BCUT2D eigenvalue weighted by molar-refractivity contribution is 7.84. The number of hydrogen-bond acceptors (Lipinski definition) is 7. The normalized spacial score (nSPS) is 15.1. The number of rotatable bonds is 12. The average molecular weight is 703 g/mol. The van der Waals surface area contributed by atoms with Gasteiger partial charge in [0.15, 0.2) is 11.6 Å². The number of thiol groups is 1. The minimum atomic E-state index is -0.345. The lowest BCUT2D eigenvalue weighted by atomic mass is 9.94. The van der Waals surface area contributed by atoms with Crippen molar-refractivity contribution >= 4 is 53.0 Å². The van der Waals surface area contributed by atoms with Crippen molar-refractivity contribution in [1.82, 2.24) is 30.0 Å². The minimum absolute atomic E-state index is 0.0406. The number of nitrogens with one attached hydrogen (secondary N) is 2. The van der Waals surface area contributed by atoms with Gasteiger partial charge in [0.05, 0.1) is 12.3 Å². The van der Waals surface area contributed by atoms with E-state index in [0.717, 1.165) is 67.4 Å². The van der Waals surface area contributed by atoms with E-state index in [2.05, 4.69) is 50.4 Å². The number of allylic oxidation sites excluding steroid dienone is 4. The number of benzene rings is 2. The maximum Gasteiger partial charge on any atom is 0.178 e. The predicted molar refractivity (Wildman–Crippen MR) is 201 cm³/mol. The van der Waals surface area contributed by atoms with Crippen LogP contribution in [-0.2, 0) is 0 Å². The lowest BCUT2D eigenvalue weighted by Crippen LogP contribution is -2.31. The highest BCUT2D eigenvalue weighted by Gasteiger charge is 2.29. The number of Topliss-reactive ketones (excluding diaryl/α,β-unsaturated/α-hetero) is 1. The van der Waals surface area contributed by atoms with E-state index in [1.807, 2.05) is 82.3 Å². The first-order valence-corrected chi connectivity index (χ1v) is 17.0. The number of nitrogens with zero attached hydrogens (tertiary/aromatic N) is 5. The Morgan fingerprint density at radius 1 is 0.938 bits per heavy atom. The van der Waals surface area contributed by atoms with Crippen molar-refractivity contribution in [3.63, 3.8) is 0 Å². The summed E-state index contributed by atoms with van der Waals surface area (Å²) in [4.78, 5) is 19.4. The lowest BCUT2D eigenvalue weighted by molar-refractivity contribution is 0.0991. The Morgan fingerprint density at radius 3 is 2.23 bits per heavy atom. The molecule has 0 spiro atoms. The van der Waals surface area contributed by atoms with Crippen LogP contribution in [0.3, 0.4) is 0 Å². The van der Waals surface area contributed by atoms with Gasteiger partial charge in [-0.3, -0.25) is 14.4 Å². The Hall–Kier alpha value is -3.89. The molecule has 1 aliphatic rings. The third-order valence-corrected chi connectivity index (χ3v) is 9.46. The Morgan fingerprint density at radius 2 is 1.58 bits per heavy atom. The van der Waals surface area contributed by atoms with Crippen molar-refractivity contribution in [1.29, 1.82) is 0 Å². The minimum Gasteiger partial charge on any atom is -0.387 e. The molecule has 3 heterocycles. The van der Waals surface area contributed by atoms with Crippen LogP contribution in [0.2, 0.25) is 10.0 Å². The number of aliphatic imine (C=N–C) groups is 1. The van der Waals surface area contributed by atoms with Crippen LogP contribution < -0.4 is 10.6 Å². The Balaban J connectivity index is 1.26. The molecular formula is C37H41Cl2N7OS. The molecule has 1 atom stereocenters. The van der Waals surface area contributed by atoms with Gasteiger partial charge in [-0.05, 0) is 94.5 Å². The number of aryl methyl sites for hydroxylation is 2. The van der Waals surface area contributed by atoms with E-state index in [9.17, 15) is 4.79 Å². The highest BCUT2D eigenvalue weighted by Crippen LogP contribution is 2.36. The van der Waals surface area contributed by atoms with Crippen LogP contribution in [0.25, 0.3) is 11.4 Å². The van der Waals surface area contributed by atoms with Gasteiger partial charge in [-0.25, -0.2) is 0 Å². The quantitative estimate of drug-likeness (QED) is 0.0786.